The van der Waals surface area contributed by atoms with Gasteiger partial charge in [-0.3, -0.25) is 4.79 Å². The molecule has 1 N–H and O–H groups in total. The molecule has 1 rings (SSSR count). The predicted molar refractivity (Wildman–Crippen MR) is 70.2 cm³/mol. The van der Waals surface area contributed by atoms with Crippen molar-refractivity contribution >= 4 is 11.9 Å². The van der Waals surface area contributed by atoms with Gasteiger partial charge in [0.2, 0.25) is 5.91 Å². The van der Waals surface area contributed by atoms with Crippen molar-refractivity contribution in [3.63, 3.8) is 0 Å². The molecule has 0 spiro atoms. The average molecular weight is 255 g/mol. The normalized spacial score (nSPS) is 30.8. The fourth-order valence-corrected chi connectivity index (χ4v) is 3.84. The smallest absolute Gasteiger partial charge is 0.329 e. The highest BCUT2D eigenvalue weighted by Crippen LogP contribution is 2.46. The number of carbonyl (C=O) groups excluding carboxylic acids is 1. The lowest BCUT2D eigenvalue weighted by atomic mass is 9.63. The number of likely N-dealkylation sites (N-methyl/N-ethyl adjacent to an activating group) is 1. The molecule has 2 atom stereocenters. The number of nitrogens with zero attached hydrogens (tertiary/aromatic N) is 1. The summed E-state index contributed by atoms with van der Waals surface area (Å²) >= 11 is 0. The molecule has 2 unspecified atom stereocenters. The minimum atomic E-state index is -1.03. The number of hydrogen-bond donors (Lipinski definition) is 1. The molecule has 4 heteroatoms. The first-order valence-corrected chi connectivity index (χ1v) is 6.66. The van der Waals surface area contributed by atoms with Crippen LogP contribution in [0.2, 0.25) is 0 Å². The summed E-state index contributed by atoms with van der Waals surface area (Å²) in [6.45, 7) is 10.0. The molecule has 0 heterocycles. The molecule has 18 heavy (non-hydrogen) atoms. The first-order valence-electron chi connectivity index (χ1n) is 6.66. The van der Waals surface area contributed by atoms with Gasteiger partial charge in [-0.05, 0) is 37.5 Å². The number of rotatable bonds is 3. The molecule has 0 radical (unpaired) electrons. The van der Waals surface area contributed by atoms with Gasteiger partial charge in [0.25, 0.3) is 0 Å². The summed E-state index contributed by atoms with van der Waals surface area (Å²) in [6.07, 6.45) is 2.10. The minimum Gasteiger partial charge on any atom is -0.479 e. The maximum Gasteiger partial charge on any atom is 0.329 e. The number of aliphatic carboxylic acids is 1. The zero-order valence-corrected chi connectivity index (χ0v) is 12.1. The lowest BCUT2D eigenvalue weighted by Gasteiger charge is -2.50. The molecule has 1 aliphatic carbocycles. The Labute approximate surface area is 109 Å². The van der Waals surface area contributed by atoms with E-state index in [1.165, 1.54) is 11.8 Å². The van der Waals surface area contributed by atoms with Crippen LogP contribution in [0.1, 0.15) is 53.9 Å². The van der Waals surface area contributed by atoms with E-state index in [1.54, 1.807) is 0 Å². The van der Waals surface area contributed by atoms with Gasteiger partial charge in [0.15, 0.2) is 0 Å². The van der Waals surface area contributed by atoms with Crippen molar-refractivity contribution < 1.29 is 14.7 Å². The van der Waals surface area contributed by atoms with Gasteiger partial charge >= 0.3 is 5.97 Å². The second-order valence-corrected chi connectivity index (χ2v) is 6.45. The van der Waals surface area contributed by atoms with E-state index in [0.29, 0.717) is 25.3 Å². The molecule has 1 aliphatic rings. The Balaban J connectivity index is 3.22. The number of carbonyl (C=O) groups is 2. The van der Waals surface area contributed by atoms with Gasteiger partial charge in [0.1, 0.15) is 5.54 Å². The van der Waals surface area contributed by atoms with E-state index in [1.807, 2.05) is 6.92 Å². The van der Waals surface area contributed by atoms with Crippen LogP contribution in [0.4, 0.5) is 0 Å². The van der Waals surface area contributed by atoms with Crippen molar-refractivity contribution in [1.29, 1.82) is 0 Å². The monoisotopic (exact) mass is 255 g/mol. The van der Waals surface area contributed by atoms with Crippen LogP contribution >= 0.6 is 0 Å². The van der Waals surface area contributed by atoms with E-state index in [4.69, 9.17) is 0 Å². The summed E-state index contributed by atoms with van der Waals surface area (Å²) in [6, 6.07) is 0. The van der Waals surface area contributed by atoms with Gasteiger partial charge in [-0.15, -0.1) is 0 Å². The van der Waals surface area contributed by atoms with Crippen molar-refractivity contribution in [3.8, 4) is 0 Å². The van der Waals surface area contributed by atoms with Gasteiger partial charge in [0, 0.05) is 13.5 Å². The summed E-state index contributed by atoms with van der Waals surface area (Å²) < 4.78 is 0. The van der Waals surface area contributed by atoms with Gasteiger partial charge in [0.05, 0.1) is 0 Å². The Morgan fingerprint density at radius 3 is 2.22 bits per heavy atom. The molecule has 104 valence electrons. The van der Waals surface area contributed by atoms with Gasteiger partial charge in [-0.25, -0.2) is 4.79 Å². The summed E-state index contributed by atoms with van der Waals surface area (Å²) in [4.78, 5) is 25.1. The summed E-state index contributed by atoms with van der Waals surface area (Å²) in [5, 5.41) is 9.70. The van der Waals surface area contributed by atoms with Crippen LogP contribution in [0.3, 0.4) is 0 Å². The molecule has 1 fully saturated rings. The second kappa shape index (κ2) is 4.90. The second-order valence-electron chi connectivity index (χ2n) is 6.45. The molecular weight excluding hydrogens is 230 g/mol. The Bertz CT molecular complexity index is 351. The largest absolute Gasteiger partial charge is 0.479 e. The maximum absolute atomic E-state index is 11.8. The molecular formula is C14H25NO3. The van der Waals surface area contributed by atoms with E-state index >= 15 is 0 Å². The Kier molecular flexibility index (Phi) is 4.08. The van der Waals surface area contributed by atoms with Crippen LogP contribution in [0, 0.1) is 11.3 Å². The van der Waals surface area contributed by atoms with E-state index in [-0.39, 0.29) is 11.3 Å². The van der Waals surface area contributed by atoms with Crippen LogP contribution in [-0.2, 0) is 9.59 Å². The van der Waals surface area contributed by atoms with Crippen LogP contribution in [0.15, 0.2) is 0 Å². The van der Waals surface area contributed by atoms with E-state index in [9.17, 15) is 14.7 Å². The van der Waals surface area contributed by atoms with Crippen LogP contribution in [-0.4, -0.2) is 34.0 Å². The maximum atomic E-state index is 11.8. The highest BCUT2D eigenvalue weighted by molar-refractivity contribution is 5.86. The third kappa shape index (κ3) is 2.68. The zero-order valence-electron chi connectivity index (χ0n) is 12.1. The molecule has 0 aliphatic heterocycles. The van der Waals surface area contributed by atoms with Crippen molar-refractivity contribution in [2.24, 2.45) is 11.3 Å². The van der Waals surface area contributed by atoms with E-state index in [2.05, 4.69) is 20.8 Å². The van der Waals surface area contributed by atoms with Crippen molar-refractivity contribution in [2.45, 2.75) is 59.4 Å². The highest BCUT2D eigenvalue weighted by Gasteiger charge is 2.52. The molecule has 1 saturated carbocycles. The minimum absolute atomic E-state index is 0.0427. The zero-order chi connectivity index (χ0) is 14.1. The first-order chi connectivity index (χ1) is 8.14. The molecule has 0 saturated heterocycles. The fourth-order valence-electron chi connectivity index (χ4n) is 3.84. The first kappa shape index (κ1) is 15.0. The van der Waals surface area contributed by atoms with Gasteiger partial charge in [-0.2, -0.15) is 0 Å². The third-order valence-electron chi connectivity index (χ3n) is 3.97. The number of amides is 1. The molecule has 0 aromatic rings. The number of hydrogen-bond acceptors (Lipinski definition) is 2. The third-order valence-corrected chi connectivity index (χ3v) is 3.97. The van der Waals surface area contributed by atoms with Gasteiger partial charge in [-0.1, -0.05) is 20.8 Å². The number of carboxylic acid groups (broad SMARTS) is 1. The van der Waals surface area contributed by atoms with Crippen molar-refractivity contribution in [1.82, 2.24) is 4.90 Å². The molecule has 1 amide bonds. The molecule has 0 aromatic heterocycles. The standard InChI is InChI=1S/C14H25NO3/c1-6-15(11(3)16)14(12(17)18)8-10(2)7-13(4,5)9-14/h10H,6-9H2,1-5H3,(H,17,18). The quantitative estimate of drug-likeness (QED) is 0.843. The van der Waals surface area contributed by atoms with Gasteiger partial charge < -0.3 is 10.0 Å². The van der Waals surface area contributed by atoms with E-state index < -0.39 is 11.5 Å². The lowest BCUT2D eigenvalue weighted by molar-refractivity contribution is -0.166. The van der Waals surface area contributed by atoms with Crippen LogP contribution in [0.25, 0.3) is 0 Å². The van der Waals surface area contributed by atoms with Crippen molar-refractivity contribution in [3.05, 3.63) is 0 Å². The fraction of sp³-hybridized carbons (Fsp3) is 0.857. The molecule has 0 bridgehead atoms. The Hall–Kier alpha value is -1.06. The average Bonchev–Trinajstić information content (AvgIpc) is 2.13. The SMILES string of the molecule is CCN(C(C)=O)C1(C(=O)O)CC(C)CC(C)(C)C1. The topological polar surface area (TPSA) is 57.6 Å². The number of carboxylic acids is 1. The highest BCUT2D eigenvalue weighted by atomic mass is 16.4. The van der Waals surface area contributed by atoms with E-state index in [0.717, 1.165) is 6.42 Å². The van der Waals surface area contributed by atoms with Crippen LogP contribution < -0.4 is 0 Å². The lowest BCUT2D eigenvalue weighted by Crippen LogP contribution is -2.61. The summed E-state index contributed by atoms with van der Waals surface area (Å²) in [5.74, 6) is -0.692. The van der Waals surface area contributed by atoms with Crippen LogP contribution in [0.5, 0.6) is 0 Å². The Morgan fingerprint density at radius 2 is 1.89 bits per heavy atom. The summed E-state index contributed by atoms with van der Waals surface area (Å²) in [7, 11) is 0. The van der Waals surface area contributed by atoms with Crippen molar-refractivity contribution in [2.75, 3.05) is 6.54 Å². The Morgan fingerprint density at radius 1 is 1.33 bits per heavy atom. The summed E-state index contributed by atoms with van der Waals surface area (Å²) in [5.41, 5.74) is -1.07. The predicted octanol–water partition coefficient (Wildman–Crippen LogP) is 2.52. The molecule has 4 nitrogen and oxygen atoms in total. The molecule has 0 aromatic carbocycles.